The quantitative estimate of drug-likeness (QED) is 0.565. The van der Waals surface area contributed by atoms with Crippen LogP contribution in [-0.2, 0) is 0 Å². The first-order valence-electron chi connectivity index (χ1n) is 13.4. The summed E-state index contributed by atoms with van der Waals surface area (Å²) in [6.45, 7) is 10.3. The van der Waals surface area contributed by atoms with Crippen molar-refractivity contribution in [3.63, 3.8) is 0 Å². The lowest BCUT2D eigenvalue weighted by molar-refractivity contribution is -0.142. The predicted octanol–water partition coefficient (Wildman–Crippen LogP) is 5.07. The molecule has 174 valence electrons. The molecule has 0 amide bonds. The van der Waals surface area contributed by atoms with Gasteiger partial charge in [0.05, 0.1) is 0 Å². The summed E-state index contributed by atoms with van der Waals surface area (Å²) in [5.74, 6) is 5.26. The van der Waals surface area contributed by atoms with Gasteiger partial charge in [0.2, 0.25) is 0 Å². The third-order valence-electron chi connectivity index (χ3n) is 11.5. The maximum absolute atomic E-state index is 3.91. The predicted molar refractivity (Wildman–Crippen MR) is 129 cm³/mol. The third-order valence-corrected chi connectivity index (χ3v) is 11.5. The highest BCUT2D eigenvalue weighted by Gasteiger charge is 2.65. The summed E-state index contributed by atoms with van der Waals surface area (Å²) in [6, 6.07) is 2.13. The smallest absolute Gasteiger partial charge is 0.0126 e. The molecule has 3 nitrogen and oxygen atoms in total. The molecule has 4 saturated carbocycles. The van der Waals surface area contributed by atoms with Crippen molar-refractivity contribution in [3.8, 4) is 0 Å². The van der Waals surface area contributed by atoms with E-state index < -0.39 is 0 Å². The van der Waals surface area contributed by atoms with Crippen molar-refractivity contribution in [3.05, 3.63) is 0 Å². The topological polar surface area (TPSA) is 36.1 Å². The second kappa shape index (κ2) is 8.67. The molecule has 4 rings (SSSR count). The van der Waals surface area contributed by atoms with Crippen molar-refractivity contribution in [2.75, 3.05) is 21.1 Å². The summed E-state index contributed by atoms with van der Waals surface area (Å²) < 4.78 is 0. The molecule has 11 atom stereocenters. The molecule has 0 radical (unpaired) electrons. The second-order valence-corrected chi connectivity index (χ2v) is 12.3. The Bertz CT molecular complexity index is 593. The maximum Gasteiger partial charge on any atom is 0.0126 e. The van der Waals surface area contributed by atoms with Gasteiger partial charge in [-0.2, -0.15) is 0 Å². The molecular weight excluding hydrogens is 366 g/mol. The van der Waals surface area contributed by atoms with Gasteiger partial charge in [0, 0.05) is 18.1 Å². The Morgan fingerprint density at radius 1 is 0.900 bits per heavy atom. The molecule has 4 aliphatic rings. The molecule has 0 saturated heterocycles. The third kappa shape index (κ3) is 3.32. The fraction of sp³-hybridized carbons (Fsp3) is 1.00. The molecular formula is C27H51N3. The average molecular weight is 418 g/mol. The number of nitrogens with one attached hydrogen (secondary N) is 3. The first-order chi connectivity index (χ1) is 14.3. The monoisotopic (exact) mass is 417 g/mol. The summed E-state index contributed by atoms with van der Waals surface area (Å²) in [5, 5.41) is 11.4. The van der Waals surface area contributed by atoms with E-state index in [0.29, 0.717) is 22.9 Å². The van der Waals surface area contributed by atoms with Crippen molar-refractivity contribution in [1.29, 1.82) is 0 Å². The minimum absolute atomic E-state index is 0.463. The van der Waals surface area contributed by atoms with Gasteiger partial charge in [0.25, 0.3) is 0 Å². The molecule has 0 aromatic rings. The summed E-state index contributed by atoms with van der Waals surface area (Å²) in [4.78, 5) is 0. The van der Waals surface area contributed by atoms with Crippen LogP contribution in [0, 0.1) is 46.3 Å². The molecule has 0 aromatic carbocycles. The Hall–Kier alpha value is -0.120. The van der Waals surface area contributed by atoms with Gasteiger partial charge in [-0.1, -0.05) is 40.5 Å². The SMILES string of the molecule is CCC[C@@H](C)C1CCC2C3C(CC(NC)C21C)C1(C)CC[C@@H](NC)CC1C[C@H]3NC. The number of fused-ring (bicyclic) bond motifs is 5. The minimum atomic E-state index is 0.463. The number of rotatable bonds is 6. The highest BCUT2D eigenvalue weighted by Crippen LogP contribution is 2.68. The molecule has 3 N–H and O–H groups in total. The summed E-state index contributed by atoms with van der Waals surface area (Å²) >= 11 is 0. The van der Waals surface area contributed by atoms with Crippen LogP contribution in [0.25, 0.3) is 0 Å². The molecule has 3 heteroatoms. The number of hydrogen-bond acceptors (Lipinski definition) is 3. The molecule has 0 spiro atoms. The average Bonchev–Trinajstić information content (AvgIpc) is 3.10. The first-order valence-corrected chi connectivity index (χ1v) is 13.4. The maximum atomic E-state index is 3.91. The summed E-state index contributed by atoms with van der Waals surface area (Å²) in [5.41, 5.74) is 1.000. The van der Waals surface area contributed by atoms with Gasteiger partial charge >= 0.3 is 0 Å². The van der Waals surface area contributed by atoms with E-state index in [1.54, 1.807) is 0 Å². The van der Waals surface area contributed by atoms with Crippen molar-refractivity contribution in [1.82, 2.24) is 16.0 Å². The zero-order chi connectivity index (χ0) is 21.7. The Kier molecular flexibility index (Phi) is 6.66. The van der Waals surface area contributed by atoms with E-state index in [1.165, 1.54) is 57.8 Å². The van der Waals surface area contributed by atoms with Gasteiger partial charge in [-0.05, 0) is 112 Å². The lowest BCUT2D eigenvalue weighted by Gasteiger charge is -2.65. The zero-order valence-corrected chi connectivity index (χ0v) is 21.1. The second-order valence-electron chi connectivity index (χ2n) is 12.3. The van der Waals surface area contributed by atoms with Crippen LogP contribution in [0.15, 0.2) is 0 Å². The Balaban J connectivity index is 1.69. The van der Waals surface area contributed by atoms with Crippen molar-refractivity contribution in [2.45, 2.75) is 104 Å². The lowest BCUT2D eigenvalue weighted by atomic mass is 9.42. The van der Waals surface area contributed by atoms with Crippen LogP contribution in [0.3, 0.4) is 0 Å². The number of hydrogen-bond donors (Lipinski definition) is 3. The molecule has 0 aromatic heterocycles. The Morgan fingerprint density at radius 3 is 2.30 bits per heavy atom. The highest BCUT2D eigenvalue weighted by atomic mass is 15.0. The summed E-state index contributed by atoms with van der Waals surface area (Å²) in [6.07, 6.45) is 12.6. The molecule has 4 aliphatic carbocycles. The van der Waals surface area contributed by atoms with E-state index in [-0.39, 0.29) is 0 Å². The van der Waals surface area contributed by atoms with E-state index in [9.17, 15) is 0 Å². The normalized spacial score (nSPS) is 51.7. The summed E-state index contributed by atoms with van der Waals surface area (Å²) in [7, 11) is 6.70. The Labute approximate surface area is 187 Å². The van der Waals surface area contributed by atoms with Crippen molar-refractivity contribution < 1.29 is 0 Å². The van der Waals surface area contributed by atoms with Crippen LogP contribution in [-0.4, -0.2) is 39.3 Å². The fourth-order valence-corrected chi connectivity index (χ4v) is 9.89. The molecule has 0 aliphatic heterocycles. The standard InChI is InChI=1S/C27H51N3/c1-8-9-17(2)20-10-11-21-25-22(16-24(30-7)27(20,21)4)26(3)13-12-19(28-5)14-18(26)15-23(25)29-6/h17-25,28-30H,8-16H2,1-7H3/t17-,18?,19-,20?,21?,22?,23-,24?,25?,26?,27?/m1/s1. The van der Waals surface area contributed by atoms with E-state index in [0.717, 1.165) is 41.5 Å². The minimum Gasteiger partial charge on any atom is -0.317 e. The van der Waals surface area contributed by atoms with Gasteiger partial charge in [-0.15, -0.1) is 0 Å². The van der Waals surface area contributed by atoms with Gasteiger partial charge in [-0.25, -0.2) is 0 Å². The van der Waals surface area contributed by atoms with E-state index in [4.69, 9.17) is 0 Å². The van der Waals surface area contributed by atoms with Crippen LogP contribution < -0.4 is 16.0 Å². The van der Waals surface area contributed by atoms with Crippen molar-refractivity contribution >= 4 is 0 Å². The van der Waals surface area contributed by atoms with Crippen LogP contribution in [0.2, 0.25) is 0 Å². The molecule has 8 unspecified atom stereocenters. The highest BCUT2D eigenvalue weighted by molar-refractivity contribution is 5.16. The lowest BCUT2D eigenvalue weighted by Crippen LogP contribution is -2.66. The van der Waals surface area contributed by atoms with Gasteiger partial charge < -0.3 is 16.0 Å². The fourth-order valence-electron chi connectivity index (χ4n) is 9.89. The van der Waals surface area contributed by atoms with Crippen molar-refractivity contribution in [2.24, 2.45) is 46.3 Å². The molecule has 30 heavy (non-hydrogen) atoms. The van der Waals surface area contributed by atoms with Crippen LogP contribution in [0.4, 0.5) is 0 Å². The van der Waals surface area contributed by atoms with E-state index in [2.05, 4.69) is 64.8 Å². The Morgan fingerprint density at radius 2 is 1.67 bits per heavy atom. The van der Waals surface area contributed by atoms with Crippen LogP contribution >= 0.6 is 0 Å². The molecule has 4 fully saturated rings. The van der Waals surface area contributed by atoms with Gasteiger partial charge in [-0.3, -0.25) is 0 Å². The first kappa shape index (κ1) is 23.1. The van der Waals surface area contributed by atoms with Gasteiger partial charge in [0.15, 0.2) is 0 Å². The van der Waals surface area contributed by atoms with Gasteiger partial charge in [0.1, 0.15) is 0 Å². The van der Waals surface area contributed by atoms with Crippen LogP contribution in [0.5, 0.6) is 0 Å². The van der Waals surface area contributed by atoms with Crippen LogP contribution in [0.1, 0.15) is 85.5 Å². The zero-order valence-electron chi connectivity index (χ0n) is 21.1. The van der Waals surface area contributed by atoms with E-state index >= 15 is 0 Å². The molecule has 0 heterocycles. The van der Waals surface area contributed by atoms with E-state index in [1.807, 2.05) is 0 Å². The molecule has 0 bridgehead atoms. The largest absolute Gasteiger partial charge is 0.317 e.